The molecule has 58 valence electrons. The van der Waals surface area contributed by atoms with Gasteiger partial charge in [-0.05, 0) is 0 Å². The maximum absolute atomic E-state index is 11.2. The highest BCUT2D eigenvalue weighted by atomic mass is 32.2. The smallest absolute Gasteiger partial charge is 0.192 e. The van der Waals surface area contributed by atoms with Gasteiger partial charge in [-0.25, -0.2) is 0 Å². The van der Waals surface area contributed by atoms with Gasteiger partial charge in [-0.2, -0.15) is 0 Å². The van der Waals surface area contributed by atoms with Gasteiger partial charge < -0.3 is 0 Å². The molecule has 1 fully saturated rings. The highest BCUT2D eigenvalue weighted by Gasteiger charge is 2.24. The molecular weight excluding hydrogens is 160 g/mol. The summed E-state index contributed by atoms with van der Waals surface area (Å²) >= 11 is 1.63. The van der Waals surface area contributed by atoms with E-state index >= 15 is 0 Å². The van der Waals surface area contributed by atoms with E-state index in [1.165, 1.54) is 0 Å². The molecule has 11 heavy (non-hydrogen) atoms. The molecule has 2 rings (SSSR count). The number of carbonyl (C=O) groups excluding carboxylic acids is 1. The third kappa shape index (κ3) is 1.22. The van der Waals surface area contributed by atoms with Crippen LogP contribution in [0, 0.1) is 0 Å². The Morgan fingerprint density at radius 2 is 2.00 bits per heavy atom. The van der Waals surface area contributed by atoms with Crippen molar-refractivity contribution in [2.75, 3.05) is 24.6 Å². The third-order valence-electron chi connectivity index (χ3n) is 1.68. The Labute approximate surface area is 69.0 Å². The lowest BCUT2D eigenvalue weighted by Crippen LogP contribution is -2.35. The Morgan fingerprint density at radius 1 is 1.18 bits per heavy atom. The van der Waals surface area contributed by atoms with Crippen LogP contribution in [0.25, 0.3) is 0 Å². The number of thioether (sulfide) groups is 1. The average Bonchev–Trinajstić information content (AvgIpc) is 2.06. The summed E-state index contributed by atoms with van der Waals surface area (Å²) in [5.41, 5.74) is 1.56. The van der Waals surface area contributed by atoms with Gasteiger partial charge in [-0.3, -0.25) is 14.8 Å². The average molecular weight is 168 g/mol. The number of Topliss-reactive ketones (excluding diaryl/α,β-unsaturated/α-hetero) is 1. The van der Waals surface area contributed by atoms with Crippen molar-refractivity contribution in [2.24, 2.45) is 9.98 Å². The van der Waals surface area contributed by atoms with E-state index in [2.05, 4.69) is 9.98 Å². The fraction of sp³-hybridized carbons (Fsp3) is 0.571. The predicted octanol–water partition coefficient (Wildman–Crippen LogP) is 0.198. The van der Waals surface area contributed by atoms with Crippen LogP contribution in [0.15, 0.2) is 9.98 Å². The van der Waals surface area contributed by atoms with E-state index < -0.39 is 0 Å². The number of carbonyl (C=O) groups is 1. The van der Waals surface area contributed by atoms with Crippen LogP contribution in [-0.2, 0) is 4.79 Å². The van der Waals surface area contributed by atoms with Crippen LogP contribution in [0.4, 0.5) is 0 Å². The highest BCUT2D eigenvalue weighted by Crippen LogP contribution is 2.12. The van der Waals surface area contributed by atoms with Crippen LogP contribution in [0.3, 0.4) is 0 Å². The summed E-state index contributed by atoms with van der Waals surface area (Å²) in [4.78, 5) is 19.6. The number of aliphatic imine (C=N–C) groups is 2. The summed E-state index contributed by atoms with van der Waals surface area (Å²) in [6.45, 7) is 1.45. The fourth-order valence-corrected chi connectivity index (χ4v) is 2.03. The van der Waals surface area contributed by atoms with Gasteiger partial charge in [0.15, 0.2) is 5.78 Å². The molecule has 0 atom stereocenters. The van der Waals surface area contributed by atoms with Crippen molar-refractivity contribution >= 4 is 29.0 Å². The van der Waals surface area contributed by atoms with Gasteiger partial charge >= 0.3 is 0 Å². The van der Waals surface area contributed by atoms with Gasteiger partial charge in [0.05, 0.1) is 24.6 Å². The zero-order valence-electron chi connectivity index (χ0n) is 6.04. The van der Waals surface area contributed by atoms with Crippen LogP contribution in [-0.4, -0.2) is 41.8 Å². The molecule has 2 aliphatic heterocycles. The first-order chi connectivity index (χ1) is 5.38. The van der Waals surface area contributed by atoms with Crippen molar-refractivity contribution < 1.29 is 4.79 Å². The van der Waals surface area contributed by atoms with E-state index in [0.29, 0.717) is 18.0 Å². The first-order valence-corrected chi connectivity index (χ1v) is 4.72. The maximum atomic E-state index is 11.2. The molecule has 0 unspecified atom stereocenters. The van der Waals surface area contributed by atoms with Crippen molar-refractivity contribution in [3.63, 3.8) is 0 Å². The molecule has 0 aromatic heterocycles. The molecule has 0 radical (unpaired) electrons. The molecule has 3 nitrogen and oxygen atoms in total. The Balaban J connectivity index is 2.31. The van der Waals surface area contributed by atoms with Gasteiger partial charge in [0, 0.05) is 5.75 Å². The lowest BCUT2D eigenvalue weighted by molar-refractivity contribution is -0.110. The van der Waals surface area contributed by atoms with Crippen molar-refractivity contribution in [3.8, 4) is 0 Å². The highest BCUT2D eigenvalue weighted by molar-refractivity contribution is 8.01. The Morgan fingerprint density at radius 3 is 2.82 bits per heavy atom. The molecule has 1 saturated heterocycles. The predicted molar refractivity (Wildman–Crippen MR) is 46.9 cm³/mol. The topological polar surface area (TPSA) is 41.8 Å². The lowest BCUT2D eigenvalue weighted by Gasteiger charge is -2.17. The zero-order chi connectivity index (χ0) is 7.68. The molecule has 0 amide bonds. The van der Waals surface area contributed by atoms with E-state index in [1.54, 1.807) is 11.8 Å². The molecule has 0 aromatic carbocycles. The van der Waals surface area contributed by atoms with E-state index in [4.69, 9.17) is 0 Å². The number of fused-ring (bicyclic) bond motifs is 1. The number of hydrogen-bond acceptors (Lipinski definition) is 4. The quantitative estimate of drug-likeness (QED) is 0.518. The Kier molecular flexibility index (Phi) is 1.77. The third-order valence-corrected chi connectivity index (χ3v) is 2.63. The molecule has 2 aliphatic rings. The van der Waals surface area contributed by atoms with Crippen LogP contribution in [0.5, 0.6) is 0 Å². The van der Waals surface area contributed by atoms with Crippen molar-refractivity contribution in [3.05, 3.63) is 0 Å². The minimum absolute atomic E-state index is 0.153. The standard InChI is InChI=1S/C7H8N2OS/c10-6-4-11-3-5-7(6)9-2-1-8-5/h1-4H2. The molecule has 0 aliphatic carbocycles. The first kappa shape index (κ1) is 7.03. The van der Waals surface area contributed by atoms with Crippen LogP contribution in [0.1, 0.15) is 0 Å². The molecule has 0 N–H and O–H groups in total. The largest absolute Gasteiger partial charge is 0.291 e. The van der Waals surface area contributed by atoms with Gasteiger partial charge in [-0.1, -0.05) is 0 Å². The molecule has 0 saturated carbocycles. The summed E-state index contributed by atoms with van der Waals surface area (Å²) in [5.74, 6) is 1.60. The summed E-state index contributed by atoms with van der Waals surface area (Å²) in [6.07, 6.45) is 0. The molecule has 2 heterocycles. The fourth-order valence-electron chi connectivity index (χ4n) is 1.18. The number of ketones is 1. The Hall–Kier alpha value is -0.640. The molecule has 4 heteroatoms. The second-order valence-electron chi connectivity index (χ2n) is 2.47. The summed E-state index contributed by atoms with van der Waals surface area (Å²) in [6, 6.07) is 0. The van der Waals surface area contributed by atoms with E-state index in [0.717, 1.165) is 18.0 Å². The minimum Gasteiger partial charge on any atom is -0.291 e. The van der Waals surface area contributed by atoms with Gasteiger partial charge in [0.1, 0.15) is 5.71 Å². The van der Waals surface area contributed by atoms with Crippen LogP contribution < -0.4 is 0 Å². The monoisotopic (exact) mass is 168 g/mol. The van der Waals surface area contributed by atoms with E-state index in [9.17, 15) is 4.79 Å². The minimum atomic E-state index is 0.153. The lowest BCUT2D eigenvalue weighted by atomic mass is 10.1. The Bertz CT molecular complexity index is 257. The first-order valence-electron chi connectivity index (χ1n) is 3.57. The van der Waals surface area contributed by atoms with Crippen LogP contribution in [0.2, 0.25) is 0 Å². The SMILES string of the molecule is O=C1CSCC2=NCCN=C12. The van der Waals surface area contributed by atoms with E-state index in [1.807, 2.05) is 0 Å². The number of nitrogens with zero attached hydrogens (tertiary/aromatic N) is 2. The van der Waals surface area contributed by atoms with Gasteiger partial charge in [-0.15, -0.1) is 11.8 Å². The summed E-state index contributed by atoms with van der Waals surface area (Å²) in [5, 5.41) is 0. The second kappa shape index (κ2) is 2.77. The summed E-state index contributed by atoms with van der Waals surface area (Å²) < 4.78 is 0. The van der Waals surface area contributed by atoms with Crippen molar-refractivity contribution in [1.82, 2.24) is 0 Å². The maximum Gasteiger partial charge on any atom is 0.192 e. The van der Waals surface area contributed by atoms with Gasteiger partial charge in [0.2, 0.25) is 0 Å². The van der Waals surface area contributed by atoms with E-state index in [-0.39, 0.29) is 5.78 Å². The normalized spacial score (nSPS) is 23.8. The second-order valence-corrected chi connectivity index (χ2v) is 3.46. The van der Waals surface area contributed by atoms with Crippen molar-refractivity contribution in [2.45, 2.75) is 0 Å². The number of hydrogen-bond donors (Lipinski definition) is 0. The molecule has 0 spiro atoms. The molecule has 0 bridgehead atoms. The van der Waals surface area contributed by atoms with Gasteiger partial charge in [0.25, 0.3) is 0 Å². The van der Waals surface area contributed by atoms with Crippen molar-refractivity contribution in [1.29, 1.82) is 0 Å². The van der Waals surface area contributed by atoms with Crippen LogP contribution >= 0.6 is 11.8 Å². The summed E-state index contributed by atoms with van der Waals surface area (Å²) in [7, 11) is 0. The zero-order valence-corrected chi connectivity index (χ0v) is 6.86. The molecular formula is C7H8N2OS. The molecule has 0 aromatic rings. The number of rotatable bonds is 0.